The van der Waals surface area contributed by atoms with Gasteiger partial charge in [0.05, 0.1) is 12.4 Å². The van der Waals surface area contributed by atoms with Gasteiger partial charge in [-0.3, -0.25) is 4.79 Å². The first kappa shape index (κ1) is 11.7. The summed E-state index contributed by atoms with van der Waals surface area (Å²) in [6, 6.07) is 0. The van der Waals surface area contributed by atoms with E-state index in [1.54, 1.807) is 4.90 Å². The maximum Gasteiger partial charge on any atom is 0.274 e. The molecule has 1 aliphatic rings. The Hall–Kier alpha value is -1.73. The molecule has 3 N–H and O–H groups in total. The lowest BCUT2D eigenvalue weighted by Crippen LogP contribution is -2.47. The number of piperazine rings is 1. The number of nitrogens with two attached hydrogens (primary N) is 1. The summed E-state index contributed by atoms with van der Waals surface area (Å²) < 4.78 is 0. The molecule has 1 aromatic rings. The van der Waals surface area contributed by atoms with E-state index < -0.39 is 0 Å². The van der Waals surface area contributed by atoms with E-state index in [-0.39, 0.29) is 5.91 Å². The van der Waals surface area contributed by atoms with E-state index in [2.05, 4.69) is 20.3 Å². The van der Waals surface area contributed by atoms with Gasteiger partial charge in [-0.25, -0.2) is 15.8 Å². The van der Waals surface area contributed by atoms with Crippen molar-refractivity contribution in [3.8, 4) is 0 Å². The summed E-state index contributed by atoms with van der Waals surface area (Å²) in [5.74, 6) is 5.55. The average molecular weight is 236 g/mol. The molecule has 92 valence electrons. The normalized spacial score (nSPS) is 16.9. The SMILES string of the molecule is CN1CCN(C(=O)c2cnc(NN)cn2)CC1. The van der Waals surface area contributed by atoms with Crippen LogP contribution in [0.3, 0.4) is 0 Å². The molecule has 17 heavy (non-hydrogen) atoms. The lowest BCUT2D eigenvalue weighted by molar-refractivity contribution is 0.0658. The topological polar surface area (TPSA) is 87.4 Å². The van der Waals surface area contributed by atoms with Crippen molar-refractivity contribution in [1.29, 1.82) is 0 Å². The predicted molar refractivity (Wildman–Crippen MR) is 63.2 cm³/mol. The number of aromatic nitrogens is 2. The molecule has 0 saturated carbocycles. The number of anilines is 1. The Morgan fingerprint density at radius 3 is 2.53 bits per heavy atom. The van der Waals surface area contributed by atoms with E-state index in [1.807, 2.05) is 7.05 Å². The van der Waals surface area contributed by atoms with Crippen LogP contribution in [0.25, 0.3) is 0 Å². The standard InChI is InChI=1S/C10H16N6O/c1-15-2-4-16(5-3-15)10(17)8-6-13-9(14-11)7-12-8/h6-7H,2-5,11H2,1H3,(H,13,14). The molecule has 1 aliphatic heterocycles. The quantitative estimate of drug-likeness (QED) is 0.514. The molecule has 0 radical (unpaired) electrons. The highest BCUT2D eigenvalue weighted by Gasteiger charge is 2.21. The van der Waals surface area contributed by atoms with Crippen LogP contribution < -0.4 is 11.3 Å². The molecule has 7 nitrogen and oxygen atoms in total. The number of nitrogen functional groups attached to an aromatic ring is 1. The zero-order valence-corrected chi connectivity index (χ0v) is 9.76. The van der Waals surface area contributed by atoms with Crippen LogP contribution in [-0.4, -0.2) is 58.9 Å². The molecule has 0 spiro atoms. The zero-order chi connectivity index (χ0) is 12.3. The molecule has 7 heteroatoms. The minimum atomic E-state index is -0.0748. The number of nitrogens with zero attached hydrogens (tertiary/aromatic N) is 4. The van der Waals surface area contributed by atoms with Crippen molar-refractivity contribution in [2.45, 2.75) is 0 Å². The first-order valence-corrected chi connectivity index (χ1v) is 5.47. The third kappa shape index (κ3) is 2.69. The summed E-state index contributed by atoms with van der Waals surface area (Å²) in [4.78, 5) is 24.0. The van der Waals surface area contributed by atoms with Gasteiger partial charge in [-0.2, -0.15) is 0 Å². The van der Waals surface area contributed by atoms with Gasteiger partial charge in [0.25, 0.3) is 5.91 Å². The predicted octanol–water partition coefficient (Wildman–Crippen LogP) is -0.850. The summed E-state index contributed by atoms with van der Waals surface area (Å²) in [7, 11) is 2.04. The maximum atomic E-state index is 12.1. The number of carbonyl (C=O) groups is 1. The van der Waals surface area contributed by atoms with Gasteiger partial charge in [0.15, 0.2) is 5.82 Å². The van der Waals surface area contributed by atoms with E-state index in [9.17, 15) is 4.79 Å². The van der Waals surface area contributed by atoms with Gasteiger partial charge in [-0.15, -0.1) is 0 Å². The number of nitrogens with one attached hydrogen (secondary N) is 1. The van der Waals surface area contributed by atoms with Crippen LogP contribution >= 0.6 is 0 Å². The number of hydrogen-bond donors (Lipinski definition) is 2. The number of likely N-dealkylation sites (N-methyl/N-ethyl adjacent to an activating group) is 1. The molecular formula is C10H16N6O. The fraction of sp³-hybridized carbons (Fsp3) is 0.500. The minimum absolute atomic E-state index is 0.0748. The maximum absolute atomic E-state index is 12.1. The molecule has 0 aromatic carbocycles. The Morgan fingerprint density at radius 1 is 1.29 bits per heavy atom. The first-order chi connectivity index (χ1) is 8.20. The highest BCUT2D eigenvalue weighted by Crippen LogP contribution is 2.06. The lowest BCUT2D eigenvalue weighted by atomic mass is 10.3. The van der Waals surface area contributed by atoms with Gasteiger partial charge >= 0.3 is 0 Å². The van der Waals surface area contributed by atoms with Crippen molar-refractivity contribution in [2.75, 3.05) is 38.7 Å². The summed E-state index contributed by atoms with van der Waals surface area (Å²) in [5, 5.41) is 0. The fourth-order valence-corrected chi connectivity index (χ4v) is 1.68. The van der Waals surface area contributed by atoms with Gasteiger partial charge < -0.3 is 15.2 Å². The van der Waals surface area contributed by atoms with Crippen molar-refractivity contribution in [1.82, 2.24) is 19.8 Å². The number of hydrazine groups is 1. The van der Waals surface area contributed by atoms with Gasteiger partial charge in [0.1, 0.15) is 5.69 Å². The van der Waals surface area contributed by atoms with Crippen molar-refractivity contribution < 1.29 is 4.79 Å². The van der Waals surface area contributed by atoms with E-state index in [0.717, 1.165) is 26.2 Å². The first-order valence-electron chi connectivity index (χ1n) is 5.47. The van der Waals surface area contributed by atoms with Crippen LogP contribution in [0.15, 0.2) is 12.4 Å². The molecule has 2 heterocycles. The van der Waals surface area contributed by atoms with Crippen molar-refractivity contribution in [3.05, 3.63) is 18.1 Å². The second kappa shape index (κ2) is 5.07. The Labute approximate surface area is 99.6 Å². The van der Waals surface area contributed by atoms with E-state index in [1.165, 1.54) is 12.4 Å². The Bertz CT molecular complexity index is 384. The summed E-state index contributed by atoms with van der Waals surface area (Å²) in [6.07, 6.45) is 2.89. The molecule has 0 bridgehead atoms. The minimum Gasteiger partial charge on any atom is -0.335 e. The van der Waals surface area contributed by atoms with Crippen LogP contribution in [0, 0.1) is 0 Å². The van der Waals surface area contributed by atoms with Gasteiger partial charge in [0.2, 0.25) is 0 Å². The van der Waals surface area contributed by atoms with Crippen LogP contribution in [0.5, 0.6) is 0 Å². The number of rotatable bonds is 2. The molecule has 1 aromatic heterocycles. The average Bonchev–Trinajstić information content (AvgIpc) is 2.39. The third-order valence-electron chi connectivity index (χ3n) is 2.81. The largest absolute Gasteiger partial charge is 0.335 e. The van der Waals surface area contributed by atoms with Crippen molar-refractivity contribution in [3.63, 3.8) is 0 Å². The lowest BCUT2D eigenvalue weighted by Gasteiger charge is -2.32. The van der Waals surface area contributed by atoms with Crippen LogP contribution in [0.1, 0.15) is 10.5 Å². The van der Waals surface area contributed by atoms with Crippen LogP contribution in [-0.2, 0) is 0 Å². The summed E-state index contributed by atoms with van der Waals surface area (Å²) in [6.45, 7) is 3.24. The Morgan fingerprint density at radius 2 is 2.00 bits per heavy atom. The molecule has 1 amide bonds. The Balaban J connectivity index is 2.03. The second-order valence-electron chi connectivity index (χ2n) is 4.03. The molecule has 1 saturated heterocycles. The molecular weight excluding hydrogens is 220 g/mol. The highest BCUT2D eigenvalue weighted by atomic mass is 16.2. The van der Waals surface area contributed by atoms with E-state index >= 15 is 0 Å². The fourth-order valence-electron chi connectivity index (χ4n) is 1.68. The summed E-state index contributed by atoms with van der Waals surface area (Å²) >= 11 is 0. The van der Waals surface area contributed by atoms with E-state index in [4.69, 9.17) is 5.84 Å². The van der Waals surface area contributed by atoms with Gasteiger partial charge in [-0.1, -0.05) is 0 Å². The zero-order valence-electron chi connectivity index (χ0n) is 9.76. The number of hydrogen-bond acceptors (Lipinski definition) is 6. The number of amides is 1. The molecule has 1 fully saturated rings. The highest BCUT2D eigenvalue weighted by molar-refractivity contribution is 5.92. The Kier molecular flexibility index (Phi) is 3.50. The van der Waals surface area contributed by atoms with Crippen molar-refractivity contribution in [2.24, 2.45) is 5.84 Å². The van der Waals surface area contributed by atoms with Crippen LogP contribution in [0.4, 0.5) is 5.82 Å². The second-order valence-corrected chi connectivity index (χ2v) is 4.03. The molecule has 2 rings (SSSR count). The molecule has 0 aliphatic carbocycles. The smallest absolute Gasteiger partial charge is 0.274 e. The summed E-state index contributed by atoms with van der Waals surface area (Å²) in [5.41, 5.74) is 2.73. The van der Waals surface area contributed by atoms with E-state index in [0.29, 0.717) is 11.5 Å². The molecule has 0 atom stereocenters. The van der Waals surface area contributed by atoms with Crippen molar-refractivity contribution >= 4 is 11.7 Å². The third-order valence-corrected chi connectivity index (χ3v) is 2.81. The number of carbonyl (C=O) groups excluding carboxylic acids is 1. The molecule has 0 unspecified atom stereocenters. The van der Waals surface area contributed by atoms with Gasteiger partial charge in [0, 0.05) is 26.2 Å². The van der Waals surface area contributed by atoms with Crippen LogP contribution in [0.2, 0.25) is 0 Å². The van der Waals surface area contributed by atoms with Gasteiger partial charge in [-0.05, 0) is 7.05 Å². The monoisotopic (exact) mass is 236 g/mol.